The van der Waals surface area contributed by atoms with Crippen molar-refractivity contribution in [1.82, 2.24) is 0 Å². The van der Waals surface area contributed by atoms with Gasteiger partial charge in [-0.3, -0.25) is 11.8 Å². The summed E-state index contributed by atoms with van der Waals surface area (Å²) in [6, 6.07) is 90.6. The summed E-state index contributed by atoms with van der Waals surface area (Å²) in [4.78, 5) is 0. The van der Waals surface area contributed by atoms with E-state index in [-0.39, 0.29) is 44.8 Å². The summed E-state index contributed by atoms with van der Waals surface area (Å²) in [5, 5.41) is 19.9. The number of hydrogen-bond acceptors (Lipinski definition) is 0. The van der Waals surface area contributed by atoms with Gasteiger partial charge in [0.15, 0.2) is 0 Å². The maximum atomic E-state index is 7.67. The molecule has 0 radical (unpaired) electrons. The summed E-state index contributed by atoms with van der Waals surface area (Å²) in [5.41, 5.74) is 1.76. The Balaban J connectivity index is 0.000000142. The molecule has 0 saturated carbocycles. The molecule has 0 heterocycles. The normalized spacial score (nSPS) is 10.7. The first-order valence-corrected chi connectivity index (χ1v) is 26.5. The molecule has 0 saturated heterocycles. The van der Waals surface area contributed by atoms with Crippen LogP contribution in [0.15, 0.2) is 255 Å². The van der Waals surface area contributed by atoms with Crippen molar-refractivity contribution in [2.45, 2.75) is 0 Å². The third-order valence-corrected chi connectivity index (χ3v) is 18.9. The van der Waals surface area contributed by atoms with Gasteiger partial charge in [0.25, 0.3) is 0 Å². The summed E-state index contributed by atoms with van der Waals surface area (Å²) in [6.07, 6.45) is 17.9. The minimum atomic E-state index is -0.783. The summed E-state index contributed by atoms with van der Waals surface area (Å²) in [6.45, 7) is 0. The van der Waals surface area contributed by atoms with Crippen molar-refractivity contribution in [2.24, 2.45) is 0 Å². The maximum Gasteiger partial charge on any atom is 1.00 e. The van der Waals surface area contributed by atoms with E-state index in [1.165, 1.54) is 55.1 Å². The first-order valence-electron chi connectivity index (χ1n) is 23.1. The predicted octanol–water partition coefficient (Wildman–Crippen LogP) is 14.9. The molecule has 70 heavy (non-hydrogen) atoms. The van der Waals surface area contributed by atoms with Crippen LogP contribution in [0.5, 0.6) is 0 Å². The van der Waals surface area contributed by atoms with E-state index in [9.17, 15) is 0 Å². The van der Waals surface area contributed by atoms with E-state index in [0.717, 1.165) is 54.2 Å². The maximum absolute atomic E-state index is 7.67. The van der Waals surface area contributed by atoms with Crippen LogP contribution in [0.1, 0.15) is 11.1 Å². The molecule has 0 aliphatic carbocycles. The molecule has 0 bridgehead atoms. The second-order valence-electron chi connectivity index (χ2n) is 17.0. The topological polar surface area (TPSA) is 0 Å². The monoisotopic (exact) mass is 1120 g/mol. The van der Waals surface area contributed by atoms with Crippen molar-refractivity contribution in [2.75, 3.05) is 12.3 Å². The fourth-order valence-electron chi connectivity index (χ4n) is 9.50. The number of rotatable bonds is 7. The SMILES string of the molecule is [Ag+].[Ag+].[C-]#Cc1c2ccccc2cc2cc3ccccc3cc12.[C-]#Cc1c2ccccc2cc2cc3ccccc3cc12.c1ccc([PH+](CC[PH+](c2ccccc2)c2ccccc2)c2ccccc2)cc1. The van der Waals surface area contributed by atoms with Crippen molar-refractivity contribution in [1.29, 1.82) is 0 Å². The first-order chi connectivity index (χ1) is 33.6. The summed E-state index contributed by atoms with van der Waals surface area (Å²) in [7, 11) is -1.57. The Labute approximate surface area is 445 Å². The Morgan fingerprint density at radius 3 is 0.800 bits per heavy atom. The third kappa shape index (κ3) is 11.1. The van der Waals surface area contributed by atoms with Crippen LogP contribution in [0.4, 0.5) is 0 Å². The van der Waals surface area contributed by atoms with Gasteiger partial charge >= 0.3 is 44.8 Å². The van der Waals surface area contributed by atoms with Gasteiger partial charge in [-0.2, -0.15) is 0 Å². The van der Waals surface area contributed by atoms with Crippen LogP contribution in [0, 0.1) is 24.7 Å². The molecule has 12 aromatic carbocycles. The standard InChI is InChI=1S/C26H24P2.2C20H11.2Ag/c1-5-13-23(14-6-1)27(24-15-7-2-8-16-24)21-22-28(25-17-9-3-10-18-25)26-19-11-4-12-20-26;2*1-2-18-19-10-6-5-9-16(19)12-17-11-14-7-3-4-8-15(14)13-20(17)18;;/h1-20H,21-22H2;2*3-13H;;/q;2*-1;2*+1/p+2. The zero-order valence-electron chi connectivity index (χ0n) is 38.3. The molecule has 0 fully saturated rings. The van der Waals surface area contributed by atoms with Crippen LogP contribution < -0.4 is 21.2 Å². The van der Waals surface area contributed by atoms with Gasteiger partial charge in [0, 0.05) is 0 Å². The average molecular weight is 1120 g/mol. The predicted molar refractivity (Wildman–Crippen MR) is 301 cm³/mol. The molecule has 12 rings (SSSR count). The van der Waals surface area contributed by atoms with E-state index in [2.05, 4.69) is 230 Å². The second-order valence-corrected chi connectivity index (χ2v) is 22.2. The zero-order valence-corrected chi connectivity index (χ0v) is 43.2. The van der Waals surface area contributed by atoms with Gasteiger partial charge in [0.1, 0.15) is 12.3 Å². The average Bonchev–Trinajstić information content (AvgIpc) is 3.41. The van der Waals surface area contributed by atoms with E-state index in [1.807, 2.05) is 36.4 Å². The van der Waals surface area contributed by atoms with Gasteiger partial charge in [0.05, 0.1) is 37.1 Å². The largest absolute Gasteiger partial charge is 1.00 e. The van der Waals surface area contributed by atoms with Crippen LogP contribution >= 0.6 is 15.8 Å². The number of hydrogen-bond donors (Lipinski definition) is 0. The Morgan fingerprint density at radius 2 is 0.500 bits per heavy atom. The van der Waals surface area contributed by atoms with Gasteiger partial charge in [-0.25, -0.2) is 0 Å². The Bertz CT molecular complexity index is 3430. The van der Waals surface area contributed by atoms with Crippen LogP contribution in [0.25, 0.3) is 64.6 Å². The van der Waals surface area contributed by atoms with Crippen LogP contribution in [-0.4, -0.2) is 12.3 Å². The second kappa shape index (κ2) is 24.0. The van der Waals surface area contributed by atoms with Crippen LogP contribution in [0.3, 0.4) is 0 Å². The molecule has 0 atom stereocenters. The molecule has 0 N–H and O–H groups in total. The van der Waals surface area contributed by atoms with Gasteiger partial charge in [-0.15, -0.1) is 11.1 Å². The molecule has 0 aliphatic heterocycles. The summed E-state index contributed by atoms with van der Waals surface area (Å²) in [5.74, 6) is 5.26. The molecule has 4 heteroatoms. The van der Waals surface area contributed by atoms with Gasteiger partial charge in [-0.05, 0) is 116 Å². The Hall–Kier alpha value is -6.34. The van der Waals surface area contributed by atoms with Crippen molar-refractivity contribution in [3.63, 3.8) is 0 Å². The van der Waals surface area contributed by atoms with E-state index in [1.54, 1.807) is 0 Å². The van der Waals surface area contributed by atoms with Crippen molar-refractivity contribution < 1.29 is 44.8 Å². The van der Waals surface area contributed by atoms with Gasteiger partial charge in [-0.1, -0.05) is 204 Å². The molecular formula is C66H48Ag2P2+2. The Kier molecular flexibility index (Phi) is 17.2. The molecule has 0 amide bonds. The minimum absolute atomic E-state index is 0. The quantitative estimate of drug-likeness (QED) is 0.0491. The van der Waals surface area contributed by atoms with Crippen molar-refractivity contribution in [3.8, 4) is 11.8 Å². The zero-order chi connectivity index (χ0) is 46.1. The molecule has 342 valence electrons. The molecule has 0 unspecified atom stereocenters. The Morgan fingerprint density at radius 1 is 0.257 bits per heavy atom. The molecule has 12 aromatic rings. The van der Waals surface area contributed by atoms with Crippen molar-refractivity contribution in [3.05, 3.63) is 279 Å². The van der Waals surface area contributed by atoms with Crippen LogP contribution in [0.2, 0.25) is 0 Å². The number of benzene rings is 12. The summed E-state index contributed by atoms with van der Waals surface area (Å²) < 4.78 is 0. The molecule has 0 aliphatic rings. The van der Waals surface area contributed by atoms with E-state index < -0.39 is 15.8 Å². The molecular weight excluding hydrogens is 1070 g/mol. The summed E-state index contributed by atoms with van der Waals surface area (Å²) >= 11 is 0. The molecule has 0 aromatic heterocycles. The van der Waals surface area contributed by atoms with E-state index in [4.69, 9.17) is 12.8 Å². The molecule has 0 spiro atoms. The van der Waals surface area contributed by atoms with Crippen LogP contribution in [-0.2, 0) is 44.8 Å². The van der Waals surface area contributed by atoms with Crippen molar-refractivity contribution >= 4 is 102 Å². The first kappa shape index (κ1) is 50.1. The smallest absolute Gasteiger partial charge is 0.366 e. The fourth-order valence-corrected chi connectivity index (χ4v) is 15.7. The molecule has 0 nitrogen and oxygen atoms in total. The minimum Gasteiger partial charge on any atom is -0.366 e. The van der Waals surface area contributed by atoms with E-state index in [0.29, 0.717) is 0 Å². The van der Waals surface area contributed by atoms with Gasteiger partial charge < -0.3 is 12.8 Å². The van der Waals surface area contributed by atoms with E-state index >= 15 is 0 Å². The third-order valence-electron chi connectivity index (χ3n) is 12.8. The fraction of sp³-hybridized carbons (Fsp3) is 0.0303. The van der Waals surface area contributed by atoms with Gasteiger partial charge in [0.2, 0.25) is 0 Å². The number of fused-ring (bicyclic) bond motifs is 6.